The van der Waals surface area contributed by atoms with Crippen LogP contribution in [0.1, 0.15) is 73.4 Å². The van der Waals surface area contributed by atoms with Gasteiger partial charge >= 0.3 is 0 Å². The average molecular weight is 524 g/mol. The molecule has 0 fully saturated rings. The van der Waals surface area contributed by atoms with E-state index in [2.05, 4.69) is 163 Å². The molecule has 0 aromatic heterocycles. The molecular formula is C37H49NO. The highest BCUT2D eigenvalue weighted by molar-refractivity contribution is 5.78. The zero-order valence-electron chi connectivity index (χ0n) is 25.9. The molecule has 0 bridgehead atoms. The van der Waals surface area contributed by atoms with Gasteiger partial charge in [0.15, 0.2) is 0 Å². The number of aryl methyl sites for hydroxylation is 2. The van der Waals surface area contributed by atoms with Gasteiger partial charge in [-0.15, -0.1) is 0 Å². The maximum absolute atomic E-state index is 5.62. The van der Waals surface area contributed by atoms with Gasteiger partial charge in [-0.1, -0.05) is 93.1 Å². The van der Waals surface area contributed by atoms with E-state index < -0.39 is 0 Å². The van der Waals surface area contributed by atoms with E-state index in [0.717, 1.165) is 17.8 Å². The first-order valence-corrected chi connectivity index (χ1v) is 14.3. The van der Waals surface area contributed by atoms with E-state index in [1.54, 1.807) is 0 Å². The van der Waals surface area contributed by atoms with Gasteiger partial charge in [0, 0.05) is 17.1 Å². The van der Waals surface area contributed by atoms with Crippen molar-refractivity contribution in [3.63, 3.8) is 0 Å². The smallest absolute Gasteiger partial charge is 0.0605 e. The maximum atomic E-state index is 5.62. The third kappa shape index (κ3) is 10.7. The van der Waals surface area contributed by atoms with E-state index in [1.807, 2.05) is 13.8 Å². The van der Waals surface area contributed by atoms with Crippen LogP contribution in [0.15, 0.2) is 103 Å². The van der Waals surface area contributed by atoms with Crippen LogP contribution in [0.4, 0.5) is 17.1 Å². The lowest BCUT2D eigenvalue weighted by Crippen LogP contribution is -2.31. The molecule has 0 N–H and O–H groups in total. The zero-order chi connectivity index (χ0) is 29.1. The van der Waals surface area contributed by atoms with Crippen LogP contribution in [-0.2, 0) is 11.2 Å². The molecule has 0 aliphatic heterocycles. The molecule has 4 aromatic rings. The van der Waals surface area contributed by atoms with Crippen LogP contribution in [-0.4, -0.2) is 11.2 Å². The first-order valence-electron chi connectivity index (χ1n) is 14.3. The molecule has 0 atom stereocenters. The molecule has 0 aliphatic carbocycles. The van der Waals surface area contributed by atoms with Crippen molar-refractivity contribution in [2.75, 3.05) is 4.90 Å². The van der Waals surface area contributed by atoms with Gasteiger partial charge in [0.1, 0.15) is 0 Å². The molecule has 0 aliphatic rings. The summed E-state index contributed by atoms with van der Waals surface area (Å²) in [7, 11) is 0. The fourth-order valence-corrected chi connectivity index (χ4v) is 4.37. The van der Waals surface area contributed by atoms with E-state index in [-0.39, 0.29) is 11.2 Å². The van der Waals surface area contributed by atoms with Crippen molar-refractivity contribution >= 4 is 17.1 Å². The summed E-state index contributed by atoms with van der Waals surface area (Å²) in [5, 5.41) is 0. The van der Waals surface area contributed by atoms with Gasteiger partial charge in [-0.2, -0.15) is 0 Å². The fourth-order valence-electron chi connectivity index (χ4n) is 4.37. The summed E-state index contributed by atoms with van der Waals surface area (Å²) in [5.41, 5.74) is 8.58. The van der Waals surface area contributed by atoms with Gasteiger partial charge in [-0.05, 0) is 108 Å². The normalized spacial score (nSPS) is 11.0. The summed E-state index contributed by atoms with van der Waals surface area (Å²) in [6.07, 6.45) is 1.05. The summed E-state index contributed by atoms with van der Waals surface area (Å²) in [6.45, 7) is 20.7. The van der Waals surface area contributed by atoms with Crippen LogP contribution in [0.3, 0.4) is 0 Å². The van der Waals surface area contributed by atoms with Crippen molar-refractivity contribution < 1.29 is 4.74 Å². The Labute approximate surface area is 238 Å². The predicted molar refractivity (Wildman–Crippen MR) is 173 cm³/mol. The molecule has 39 heavy (non-hydrogen) atoms. The molecule has 2 heteroatoms. The standard InChI is InChI=1S/C27H25N.C8H18O.C2H6/c1-3-22-11-17-26(18-12-22)28(25-7-5-4-6-8-25)27-19-15-24(16-20-27)23-13-9-21(2)10-14-23;1-7(2,3)9-8(4,5)6;1-2/h4-20H,3H2,1-2H3;1-6H3;1-2H3. The monoisotopic (exact) mass is 523 g/mol. The highest BCUT2D eigenvalue weighted by Crippen LogP contribution is 2.35. The molecular weight excluding hydrogens is 474 g/mol. The van der Waals surface area contributed by atoms with Gasteiger partial charge in [-0.25, -0.2) is 0 Å². The minimum atomic E-state index is -0.0156. The van der Waals surface area contributed by atoms with E-state index in [0.29, 0.717) is 0 Å². The number of nitrogens with zero attached hydrogens (tertiary/aromatic N) is 1. The Kier molecular flexibility index (Phi) is 12.0. The molecule has 0 unspecified atom stereocenters. The second-order valence-electron chi connectivity index (χ2n) is 11.4. The SMILES string of the molecule is CC.CC(C)(C)OC(C)(C)C.CCc1ccc(N(c2ccccc2)c2ccc(-c3ccc(C)cc3)cc2)cc1. The Bertz CT molecular complexity index is 1200. The molecule has 2 nitrogen and oxygen atoms in total. The Morgan fingerprint density at radius 3 is 1.31 bits per heavy atom. The van der Waals surface area contributed by atoms with Gasteiger partial charge in [-0.3, -0.25) is 0 Å². The van der Waals surface area contributed by atoms with Crippen molar-refractivity contribution in [2.24, 2.45) is 0 Å². The number of para-hydroxylation sites is 1. The topological polar surface area (TPSA) is 12.5 Å². The first-order chi connectivity index (χ1) is 18.4. The fraction of sp³-hybridized carbons (Fsp3) is 0.351. The lowest BCUT2D eigenvalue weighted by Gasteiger charge is -2.30. The molecule has 0 spiro atoms. The lowest BCUT2D eigenvalue weighted by molar-refractivity contribution is -0.102. The zero-order valence-corrected chi connectivity index (χ0v) is 25.9. The van der Waals surface area contributed by atoms with Gasteiger partial charge < -0.3 is 9.64 Å². The Balaban J connectivity index is 0.000000415. The predicted octanol–water partition coefficient (Wildman–Crippen LogP) is 11.3. The summed E-state index contributed by atoms with van der Waals surface area (Å²) < 4.78 is 5.62. The third-order valence-electron chi connectivity index (χ3n) is 5.74. The van der Waals surface area contributed by atoms with Crippen LogP contribution >= 0.6 is 0 Å². The minimum absolute atomic E-state index is 0.0156. The first kappa shape index (κ1) is 31.9. The quantitative estimate of drug-likeness (QED) is 0.258. The molecule has 0 amide bonds. The van der Waals surface area contributed by atoms with Gasteiger partial charge in [0.25, 0.3) is 0 Å². The van der Waals surface area contributed by atoms with Crippen molar-refractivity contribution in [3.8, 4) is 11.1 Å². The summed E-state index contributed by atoms with van der Waals surface area (Å²) >= 11 is 0. The molecule has 0 saturated carbocycles. The highest BCUT2D eigenvalue weighted by atomic mass is 16.5. The largest absolute Gasteiger partial charge is 0.370 e. The van der Waals surface area contributed by atoms with Crippen molar-refractivity contribution in [3.05, 3.63) is 114 Å². The Morgan fingerprint density at radius 2 is 0.923 bits per heavy atom. The highest BCUT2D eigenvalue weighted by Gasteiger charge is 2.20. The van der Waals surface area contributed by atoms with Crippen LogP contribution in [0.2, 0.25) is 0 Å². The molecule has 4 aromatic carbocycles. The number of rotatable bonds is 5. The number of hydrogen-bond donors (Lipinski definition) is 0. The van der Waals surface area contributed by atoms with Crippen LogP contribution < -0.4 is 4.90 Å². The molecule has 0 radical (unpaired) electrons. The van der Waals surface area contributed by atoms with Crippen LogP contribution in [0.5, 0.6) is 0 Å². The van der Waals surface area contributed by atoms with Crippen LogP contribution in [0.25, 0.3) is 11.1 Å². The third-order valence-corrected chi connectivity index (χ3v) is 5.74. The average Bonchev–Trinajstić information content (AvgIpc) is 2.90. The number of anilines is 3. The van der Waals surface area contributed by atoms with Crippen molar-refractivity contribution in [1.82, 2.24) is 0 Å². The van der Waals surface area contributed by atoms with E-state index >= 15 is 0 Å². The summed E-state index contributed by atoms with van der Waals surface area (Å²) in [4.78, 5) is 2.30. The Morgan fingerprint density at radius 1 is 0.538 bits per heavy atom. The second kappa shape index (κ2) is 14.7. The summed E-state index contributed by atoms with van der Waals surface area (Å²) in [6, 6.07) is 36.9. The van der Waals surface area contributed by atoms with Gasteiger partial charge in [0.05, 0.1) is 11.2 Å². The maximum Gasteiger partial charge on any atom is 0.0605 e. The van der Waals surface area contributed by atoms with Crippen LogP contribution in [0, 0.1) is 6.92 Å². The van der Waals surface area contributed by atoms with Crippen molar-refractivity contribution in [2.45, 2.75) is 86.9 Å². The number of ether oxygens (including phenoxy) is 1. The number of hydrogen-bond acceptors (Lipinski definition) is 2. The molecule has 0 saturated heterocycles. The Hall–Kier alpha value is -3.36. The van der Waals surface area contributed by atoms with E-state index in [1.165, 1.54) is 27.9 Å². The molecule has 208 valence electrons. The summed E-state index contributed by atoms with van der Waals surface area (Å²) in [5.74, 6) is 0. The van der Waals surface area contributed by atoms with Crippen molar-refractivity contribution in [1.29, 1.82) is 0 Å². The lowest BCUT2D eigenvalue weighted by atomic mass is 10.0. The van der Waals surface area contributed by atoms with E-state index in [9.17, 15) is 0 Å². The van der Waals surface area contributed by atoms with Gasteiger partial charge in [0.2, 0.25) is 0 Å². The second-order valence-corrected chi connectivity index (χ2v) is 11.4. The minimum Gasteiger partial charge on any atom is -0.370 e. The van der Waals surface area contributed by atoms with E-state index in [4.69, 9.17) is 4.74 Å². The molecule has 4 rings (SSSR count). The number of benzene rings is 4. The molecule has 0 heterocycles.